The predicted octanol–water partition coefficient (Wildman–Crippen LogP) is 2.16. The molecule has 11 nitrogen and oxygen atoms in total. The molecule has 1 aromatic carbocycles. The van der Waals surface area contributed by atoms with E-state index in [0.29, 0.717) is 36.4 Å². The van der Waals surface area contributed by atoms with Gasteiger partial charge >= 0.3 is 17.7 Å². The average Bonchev–Trinajstić information content (AvgIpc) is 3.47. The molecule has 0 aliphatic carbocycles. The second-order valence-corrected chi connectivity index (χ2v) is 7.80. The fraction of sp³-hybridized carbons (Fsp3) is 0.400. The number of aromatic nitrogens is 5. The van der Waals surface area contributed by atoms with Crippen LogP contribution < -0.4 is 0 Å². The Balaban J connectivity index is 1.57. The summed E-state index contributed by atoms with van der Waals surface area (Å²) in [6.07, 6.45) is -2.49. The second-order valence-electron chi connectivity index (χ2n) is 7.80. The van der Waals surface area contributed by atoms with Gasteiger partial charge in [0.05, 0.1) is 11.9 Å². The summed E-state index contributed by atoms with van der Waals surface area (Å²) in [7, 11) is 0. The lowest BCUT2D eigenvalue weighted by molar-refractivity contribution is -0.266. The van der Waals surface area contributed by atoms with E-state index in [2.05, 4.69) is 20.5 Å². The molecular formula is C20H19F3N6O5. The van der Waals surface area contributed by atoms with Gasteiger partial charge in [-0.05, 0) is 50.5 Å². The standard InChI is InChI=1S/C20H19F3N6O5/c1-11-24-16(34-26-11)14-4-2-3-9-28(14)17(30)12-5-7-13(8-6-12)29-10-15(25-27-29)19(33,18(31)32)20(21,22)23/h5-8,10,14,33H,2-4,9H2,1H3,(H,31,32). The topological polar surface area (TPSA) is 147 Å². The molecule has 14 heteroatoms. The van der Waals surface area contributed by atoms with Crippen LogP contribution in [0.25, 0.3) is 5.69 Å². The van der Waals surface area contributed by atoms with Crippen molar-refractivity contribution in [3.05, 3.63) is 53.4 Å². The van der Waals surface area contributed by atoms with Crippen molar-refractivity contribution in [1.82, 2.24) is 30.0 Å². The Morgan fingerprint density at radius 3 is 2.47 bits per heavy atom. The van der Waals surface area contributed by atoms with Crippen molar-refractivity contribution >= 4 is 11.9 Å². The van der Waals surface area contributed by atoms with E-state index >= 15 is 0 Å². The van der Waals surface area contributed by atoms with Crippen LogP contribution in [-0.4, -0.2) is 64.8 Å². The third-order valence-corrected chi connectivity index (χ3v) is 5.55. The highest BCUT2D eigenvalue weighted by molar-refractivity contribution is 5.94. The third-order valence-electron chi connectivity index (χ3n) is 5.55. The Kier molecular flexibility index (Phi) is 5.85. The number of nitrogens with zero attached hydrogens (tertiary/aromatic N) is 6. The molecule has 2 N–H and O–H groups in total. The molecule has 2 aromatic heterocycles. The zero-order valence-electron chi connectivity index (χ0n) is 17.7. The summed E-state index contributed by atoms with van der Waals surface area (Å²) in [4.78, 5) is 30.1. The van der Waals surface area contributed by atoms with Crippen LogP contribution in [0.2, 0.25) is 0 Å². The van der Waals surface area contributed by atoms with Crippen molar-refractivity contribution in [1.29, 1.82) is 0 Å². The molecule has 1 amide bonds. The van der Waals surface area contributed by atoms with Gasteiger partial charge in [0.15, 0.2) is 5.82 Å². The van der Waals surface area contributed by atoms with Crippen LogP contribution in [0.15, 0.2) is 35.0 Å². The van der Waals surface area contributed by atoms with Gasteiger partial charge in [0.25, 0.3) is 5.91 Å². The number of rotatable bonds is 5. The van der Waals surface area contributed by atoms with Gasteiger partial charge in [0.2, 0.25) is 5.89 Å². The Morgan fingerprint density at radius 1 is 1.18 bits per heavy atom. The quantitative estimate of drug-likeness (QED) is 0.560. The van der Waals surface area contributed by atoms with Gasteiger partial charge in [-0.25, -0.2) is 9.48 Å². The smallest absolute Gasteiger partial charge is 0.434 e. The molecule has 1 aliphatic heterocycles. The van der Waals surface area contributed by atoms with Crippen molar-refractivity contribution in [2.75, 3.05) is 6.54 Å². The number of halogens is 3. The second kappa shape index (κ2) is 8.52. The van der Waals surface area contributed by atoms with Crippen LogP contribution in [0.4, 0.5) is 13.2 Å². The van der Waals surface area contributed by atoms with E-state index in [-0.39, 0.29) is 17.6 Å². The lowest BCUT2D eigenvalue weighted by Gasteiger charge is -2.33. The fourth-order valence-corrected chi connectivity index (χ4v) is 3.73. The van der Waals surface area contributed by atoms with E-state index in [1.54, 1.807) is 11.8 Å². The Morgan fingerprint density at radius 2 is 1.88 bits per heavy atom. The molecule has 2 unspecified atom stereocenters. The number of carboxylic acids is 1. The maximum atomic E-state index is 13.2. The van der Waals surface area contributed by atoms with Gasteiger partial charge in [-0.2, -0.15) is 18.2 Å². The number of likely N-dealkylation sites (tertiary alicyclic amines) is 1. The highest BCUT2D eigenvalue weighted by Gasteiger charge is 2.63. The zero-order chi connectivity index (χ0) is 24.7. The number of aliphatic carboxylic acids is 1. The van der Waals surface area contributed by atoms with Crippen LogP contribution in [0.1, 0.15) is 53.1 Å². The van der Waals surface area contributed by atoms with Gasteiger partial charge in [-0.1, -0.05) is 10.4 Å². The van der Waals surface area contributed by atoms with E-state index in [1.165, 1.54) is 24.3 Å². The van der Waals surface area contributed by atoms with Gasteiger partial charge in [-0.3, -0.25) is 4.79 Å². The molecule has 0 saturated carbocycles. The number of carboxylic acid groups (broad SMARTS) is 1. The first-order valence-electron chi connectivity index (χ1n) is 10.2. The van der Waals surface area contributed by atoms with Gasteiger partial charge < -0.3 is 19.6 Å². The summed E-state index contributed by atoms with van der Waals surface area (Å²) in [6.45, 7) is 2.17. The fourth-order valence-electron chi connectivity index (χ4n) is 3.73. The van der Waals surface area contributed by atoms with Crippen LogP contribution in [0.5, 0.6) is 0 Å². The molecule has 0 spiro atoms. The van der Waals surface area contributed by atoms with E-state index < -0.39 is 23.4 Å². The molecule has 34 heavy (non-hydrogen) atoms. The maximum Gasteiger partial charge on any atom is 0.434 e. The molecule has 1 saturated heterocycles. The minimum Gasteiger partial charge on any atom is -0.479 e. The van der Waals surface area contributed by atoms with E-state index in [9.17, 15) is 27.9 Å². The van der Waals surface area contributed by atoms with Crippen LogP contribution in [-0.2, 0) is 10.4 Å². The van der Waals surface area contributed by atoms with Crippen molar-refractivity contribution in [2.45, 2.75) is 44.0 Å². The van der Waals surface area contributed by atoms with E-state index in [4.69, 9.17) is 9.63 Å². The molecule has 2 atom stereocenters. The van der Waals surface area contributed by atoms with E-state index in [0.717, 1.165) is 17.5 Å². The number of aliphatic hydroxyl groups is 1. The first kappa shape index (κ1) is 23.4. The Bertz CT molecular complexity index is 1210. The minimum atomic E-state index is -5.52. The number of amides is 1. The van der Waals surface area contributed by atoms with Crippen molar-refractivity contribution < 1.29 is 37.5 Å². The van der Waals surface area contributed by atoms with Crippen LogP contribution in [0.3, 0.4) is 0 Å². The molecule has 0 radical (unpaired) electrons. The molecule has 180 valence electrons. The maximum absolute atomic E-state index is 13.2. The number of hydrogen-bond acceptors (Lipinski definition) is 8. The SMILES string of the molecule is Cc1noc(C2CCCCN2C(=O)c2ccc(-n3cc(C(O)(C(=O)O)C(F)(F)F)nn3)cc2)n1. The Hall–Kier alpha value is -3.81. The molecule has 1 aliphatic rings. The normalized spacial score (nSPS) is 18.5. The lowest BCUT2D eigenvalue weighted by atomic mass is 10.00. The van der Waals surface area contributed by atoms with Crippen LogP contribution >= 0.6 is 0 Å². The van der Waals surface area contributed by atoms with Crippen molar-refractivity contribution in [3.63, 3.8) is 0 Å². The summed E-state index contributed by atoms with van der Waals surface area (Å²) in [5.74, 6) is -2.00. The molecule has 3 aromatic rings. The Labute approximate surface area is 189 Å². The average molecular weight is 480 g/mol. The van der Waals surface area contributed by atoms with Crippen molar-refractivity contribution in [3.8, 4) is 5.69 Å². The number of carbonyl (C=O) groups is 2. The first-order valence-corrected chi connectivity index (χ1v) is 10.2. The lowest BCUT2D eigenvalue weighted by Crippen LogP contribution is -2.49. The summed E-state index contributed by atoms with van der Waals surface area (Å²) >= 11 is 0. The highest BCUT2D eigenvalue weighted by Crippen LogP contribution is 2.38. The van der Waals surface area contributed by atoms with Crippen molar-refractivity contribution in [2.24, 2.45) is 0 Å². The molecular weight excluding hydrogens is 461 g/mol. The van der Waals surface area contributed by atoms with Gasteiger partial charge in [0, 0.05) is 12.1 Å². The molecule has 4 rings (SSSR count). The number of piperidine rings is 1. The minimum absolute atomic E-state index is 0.202. The van der Waals surface area contributed by atoms with E-state index in [1.807, 2.05) is 0 Å². The monoisotopic (exact) mass is 480 g/mol. The largest absolute Gasteiger partial charge is 0.479 e. The predicted molar refractivity (Wildman–Crippen MR) is 106 cm³/mol. The van der Waals surface area contributed by atoms with Gasteiger partial charge in [0.1, 0.15) is 11.7 Å². The highest BCUT2D eigenvalue weighted by atomic mass is 19.4. The van der Waals surface area contributed by atoms with Gasteiger partial charge in [-0.15, -0.1) is 5.10 Å². The number of benzene rings is 1. The molecule has 0 bridgehead atoms. The first-order chi connectivity index (χ1) is 16.0. The van der Waals surface area contributed by atoms with Crippen LogP contribution in [0, 0.1) is 6.92 Å². The molecule has 3 heterocycles. The summed E-state index contributed by atoms with van der Waals surface area (Å²) in [5, 5.41) is 29.1. The number of hydrogen-bond donors (Lipinski definition) is 2. The molecule has 1 fully saturated rings. The number of carbonyl (C=O) groups excluding carboxylic acids is 1. The summed E-state index contributed by atoms with van der Waals surface area (Å²) < 4.78 is 45.6. The number of alkyl halides is 3. The number of aryl methyl sites for hydroxylation is 1. The third kappa shape index (κ3) is 4.00. The summed E-state index contributed by atoms with van der Waals surface area (Å²) in [5.41, 5.74) is -4.89. The zero-order valence-corrected chi connectivity index (χ0v) is 17.7. The summed E-state index contributed by atoms with van der Waals surface area (Å²) in [6, 6.07) is 5.37.